The number of hydrogen-bond acceptors (Lipinski definition) is 5. The van der Waals surface area contributed by atoms with Gasteiger partial charge in [-0.1, -0.05) is 13.0 Å². The molecule has 0 bridgehead atoms. The van der Waals surface area contributed by atoms with E-state index in [1.54, 1.807) is 22.7 Å². The monoisotopic (exact) mass is 373 g/mol. The van der Waals surface area contributed by atoms with Crippen molar-refractivity contribution in [2.45, 2.75) is 38.8 Å². The molecule has 1 atom stereocenters. The molecule has 1 aliphatic heterocycles. The summed E-state index contributed by atoms with van der Waals surface area (Å²) in [5, 5.41) is 2.66. The van der Waals surface area contributed by atoms with Crippen LogP contribution in [0.1, 0.15) is 35.6 Å². The van der Waals surface area contributed by atoms with E-state index in [4.69, 9.17) is 0 Å². The van der Waals surface area contributed by atoms with Crippen molar-refractivity contribution >= 4 is 38.8 Å². The second-order valence-corrected chi connectivity index (χ2v) is 8.32. The maximum atomic E-state index is 12.8. The van der Waals surface area contributed by atoms with Crippen LogP contribution < -0.4 is 5.56 Å². The fourth-order valence-corrected chi connectivity index (χ4v) is 5.17. The minimum absolute atomic E-state index is 0.00917. The summed E-state index contributed by atoms with van der Waals surface area (Å²) in [5.41, 5.74) is -0.124. The number of nitrogens with zero attached hydrogens (tertiary/aromatic N) is 3. The molecule has 0 aliphatic carbocycles. The Balaban J connectivity index is 1.59. The zero-order valence-electron chi connectivity index (χ0n) is 14.0. The Hall–Kier alpha value is -1.99. The summed E-state index contributed by atoms with van der Waals surface area (Å²) in [6, 6.07) is 6.15. The molecule has 130 valence electrons. The highest BCUT2D eigenvalue weighted by molar-refractivity contribution is 7.18. The zero-order valence-corrected chi connectivity index (χ0v) is 15.6. The normalized spacial score (nSPS) is 17.5. The summed E-state index contributed by atoms with van der Waals surface area (Å²) >= 11 is 3.23. The van der Waals surface area contributed by atoms with Crippen LogP contribution in [-0.4, -0.2) is 26.9 Å². The molecule has 3 aromatic heterocycles. The molecule has 1 amide bonds. The smallest absolute Gasteiger partial charge is 0.262 e. The van der Waals surface area contributed by atoms with Gasteiger partial charge in [-0.25, -0.2) is 4.98 Å². The molecule has 0 aromatic carbocycles. The largest absolute Gasteiger partial charge is 0.333 e. The Morgan fingerprint density at radius 3 is 3.08 bits per heavy atom. The highest BCUT2D eigenvalue weighted by Crippen LogP contribution is 2.34. The van der Waals surface area contributed by atoms with Gasteiger partial charge < -0.3 is 4.90 Å². The first-order valence-corrected chi connectivity index (χ1v) is 10.2. The Kier molecular flexibility index (Phi) is 4.43. The number of amides is 1. The predicted molar refractivity (Wildman–Crippen MR) is 101 cm³/mol. The summed E-state index contributed by atoms with van der Waals surface area (Å²) in [6.07, 6.45) is 4.39. The summed E-state index contributed by atoms with van der Waals surface area (Å²) in [4.78, 5) is 34.9. The number of aromatic nitrogens is 2. The maximum absolute atomic E-state index is 12.8. The first-order chi connectivity index (χ1) is 12.2. The van der Waals surface area contributed by atoms with Gasteiger partial charge >= 0.3 is 0 Å². The average molecular weight is 374 g/mol. The molecular formula is C18H19N3O2S2. The third-order valence-corrected chi connectivity index (χ3v) is 6.83. The Morgan fingerprint density at radius 1 is 1.44 bits per heavy atom. The van der Waals surface area contributed by atoms with Gasteiger partial charge in [0.1, 0.15) is 11.4 Å². The highest BCUT2D eigenvalue weighted by atomic mass is 32.1. The lowest BCUT2D eigenvalue weighted by Gasteiger charge is -2.24. The van der Waals surface area contributed by atoms with E-state index in [0.717, 1.165) is 35.5 Å². The number of carbonyl (C=O) groups is 1. The molecule has 1 unspecified atom stereocenters. The number of rotatable bonds is 4. The van der Waals surface area contributed by atoms with Crippen LogP contribution in [0.15, 0.2) is 34.7 Å². The van der Waals surface area contributed by atoms with Gasteiger partial charge in [0.05, 0.1) is 17.8 Å². The Labute approximate surface area is 153 Å². The quantitative estimate of drug-likeness (QED) is 0.704. The highest BCUT2D eigenvalue weighted by Gasteiger charge is 2.30. The summed E-state index contributed by atoms with van der Waals surface area (Å²) in [7, 11) is 0. The molecule has 4 rings (SSSR count). The third-order valence-electron chi connectivity index (χ3n) is 4.67. The summed E-state index contributed by atoms with van der Waals surface area (Å²) in [5.74, 6) is -0.00917. The molecule has 25 heavy (non-hydrogen) atoms. The minimum Gasteiger partial charge on any atom is -0.333 e. The lowest BCUT2D eigenvalue weighted by atomic mass is 10.2. The lowest BCUT2D eigenvalue weighted by Crippen LogP contribution is -2.36. The molecule has 5 nitrogen and oxygen atoms in total. The molecule has 0 saturated carbocycles. The number of aryl methyl sites for hydroxylation is 1. The number of likely N-dealkylation sites (tertiary alicyclic amines) is 1. The Bertz CT molecular complexity index is 959. The van der Waals surface area contributed by atoms with Crippen molar-refractivity contribution in [3.05, 3.63) is 50.0 Å². The second kappa shape index (κ2) is 6.72. The molecule has 1 saturated heterocycles. The first kappa shape index (κ1) is 16.5. The van der Waals surface area contributed by atoms with Gasteiger partial charge in [-0.2, -0.15) is 0 Å². The first-order valence-electron chi connectivity index (χ1n) is 8.48. The van der Waals surface area contributed by atoms with E-state index in [0.29, 0.717) is 5.39 Å². The van der Waals surface area contributed by atoms with E-state index in [9.17, 15) is 9.59 Å². The van der Waals surface area contributed by atoms with Gasteiger partial charge in [0.15, 0.2) is 0 Å². The molecule has 0 radical (unpaired) electrons. The van der Waals surface area contributed by atoms with E-state index in [2.05, 4.69) is 18.0 Å². The van der Waals surface area contributed by atoms with Crippen LogP contribution in [0.4, 0.5) is 0 Å². The van der Waals surface area contributed by atoms with Crippen molar-refractivity contribution in [3.63, 3.8) is 0 Å². The van der Waals surface area contributed by atoms with E-state index in [-0.39, 0.29) is 24.1 Å². The molecule has 1 aliphatic rings. The standard InChI is InChI=1S/C18H19N3O2S2/c1-2-12-9-13-17(25-12)19-11-20(18(13)23)10-16(22)21-7-3-5-14(21)15-6-4-8-24-15/h4,6,8-9,11,14H,2-3,5,7,10H2,1H3. The van der Waals surface area contributed by atoms with E-state index >= 15 is 0 Å². The van der Waals surface area contributed by atoms with Crippen molar-refractivity contribution < 1.29 is 4.79 Å². The molecule has 0 N–H and O–H groups in total. The molecule has 0 spiro atoms. The number of thiophene rings is 2. The average Bonchev–Trinajstić information content (AvgIpc) is 3.36. The lowest BCUT2D eigenvalue weighted by molar-refractivity contribution is -0.132. The fourth-order valence-electron chi connectivity index (χ4n) is 3.38. The van der Waals surface area contributed by atoms with E-state index < -0.39 is 0 Å². The van der Waals surface area contributed by atoms with Gasteiger partial charge in [-0.05, 0) is 36.8 Å². The van der Waals surface area contributed by atoms with Gasteiger partial charge in [-0.15, -0.1) is 22.7 Å². The van der Waals surface area contributed by atoms with Crippen molar-refractivity contribution in [1.82, 2.24) is 14.5 Å². The van der Waals surface area contributed by atoms with Crippen LogP contribution in [0.3, 0.4) is 0 Å². The van der Waals surface area contributed by atoms with Gasteiger partial charge in [-0.3, -0.25) is 14.2 Å². The third kappa shape index (κ3) is 3.02. The minimum atomic E-state index is -0.124. The van der Waals surface area contributed by atoms with Crippen molar-refractivity contribution in [2.75, 3.05) is 6.54 Å². The molecule has 1 fully saturated rings. The molecule has 4 heterocycles. The van der Waals surface area contributed by atoms with Crippen LogP contribution in [0, 0.1) is 0 Å². The SMILES string of the molecule is CCc1cc2c(=O)n(CC(=O)N3CCCC3c3cccs3)cnc2s1. The number of fused-ring (bicyclic) bond motifs is 1. The number of carbonyl (C=O) groups excluding carboxylic acids is 1. The van der Waals surface area contributed by atoms with Crippen molar-refractivity contribution in [2.24, 2.45) is 0 Å². The van der Waals surface area contributed by atoms with Crippen LogP contribution in [0.5, 0.6) is 0 Å². The number of hydrogen-bond donors (Lipinski definition) is 0. The maximum Gasteiger partial charge on any atom is 0.262 e. The van der Waals surface area contributed by atoms with Gasteiger partial charge in [0, 0.05) is 16.3 Å². The van der Waals surface area contributed by atoms with Crippen LogP contribution >= 0.6 is 22.7 Å². The van der Waals surface area contributed by atoms with Crippen LogP contribution in [0.2, 0.25) is 0 Å². The van der Waals surface area contributed by atoms with E-state index in [1.807, 2.05) is 22.4 Å². The van der Waals surface area contributed by atoms with Crippen molar-refractivity contribution in [3.8, 4) is 0 Å². The topological polar surface area (TPSA) is 55.2 Å². The summed E-state index contributed by atoms with van der Waals surface area (Å²) < 4.78 is 1.45. The second-order valence-electron chi connectivity index (χ2n) is 6.22. The van der Waals surface area contributed by atoms with Gasteiger partial charge in [0.25, 0.3) is 5.56 Å². The molecule has 7 heteroatoms. The fraction of sp³-hybridized carbons (Fsp3) is 0.389. The van der Waals surface area contributed by atoms with Crippen LogP contribution in [0.25, 0.3) is 10.2 Å². The Morgan fingerprint density at radius 2 is 2.32 bits per heavy atom. The van der Waals surface area contributed by atoms with Crippen LogP contribution in [-0.2, 0) is 17.8 Å². The predicted octanol–water partition coefficient (Wildman–Crippen LogP) is 3.45. The van der Waals surface area contributed by atoms with E-state index in [1.165, 1.54) is 15.8 Å². The molecular weight excluding hydrogens is 354 g/mol. The zero-order chi connectivity index (χ0) is 17.4. The molecule has 3 aromatic rings. The van der Waals surface area contributed by atoms with Gasteiger partial charge in [0.2, 0.25) is 5.91 Å². The van der Waals surface area contributed by atoms with Crippen molar-refractivity contribution in [1.29, 1.82) is 0 Å². The summed E-state index contributed by atoms with van der Waals surface area (Å²) in [6.45, 7) is 2.87.